The van der Waals surface area contributed by atoms with Crippen molar-refractivity contribution in [1.29, 1.82) is 0 Å². The van der Waals surface area contributed by atoms with Gasteiger partial charge < -0.3 is 15.4 Å². The number of hydrogen-bond donors (Lipinski definition) is 2. The molecule has 0 aliphatic carbocycles. The van der Waals surface area contributed by atoms with Gasteiger partial charge in [-0.05, 0) is 25.0 Å². The van der Waals surface area contributed by atoms with E-state index in [1.807, 2.05) is 0 Å². The minimum atomic E-state index is -0.115. The van der Waals surface area contributed by atoms with E-state index in [-0.39, 0.29) is 5.91 Å². The molecule has 0 atom stereocenters. The van der Waals surface area contributed by atoms with Crippen LogP contribution in [0, 0.1) is 0 Å². The van der Waals surface area contributed by atoms with Crippen LogP contribution in [0.1, 0.15) is 43.5 Å². The summed E-state index contributed by atoms with van der Waals surface area (Å²) in [5.41, 5.74) is 0.578. The largest absolute Gasteiger partial charge is 0.380 e. The highest BCUT2D eigenvalue weighted by Crippen LogP contribution is 2.10. The zero-order valence-corrected chi connectivity index (χ0v) is 12.4. The Balaban J connectivity index is 2.38. The van der Waals surface area contributed by atoms with Gasteiger partial charge in [-0.25, -0.2) is 4.98 Å². The third kappa shape index (κ3) is 6.02. The third-order valence-electron chi connectivity index (χ3n) is 2.77. The van der Waals surface area contributed by atoms with Gasteiger partial charge in [0.25, 0.3) is 5.91 Å². The number of carbonyl (C=O) groups excluding carboxylic acids is 1. The first-order valence-electron chi connectivity index (χ1n) is 7.34. The number of aromatic nitrogens is 1. The van der Waals surface area contributed by atoms with Crippen molar-refractivity contribution < 1.29 is 9.53 Å². The molecule has 0 aromatic carbocycles. The van der Waals surface area contributed by atoms with E-state index >= 15 is 0 Å². The molecule has 0 radical (unpaired) electrons. The summed E-state index contributed by atoms with van der Waals surface area (Å²) in [7, 11) is 0. The maximum Gasteiger partial charge on any atom is 0.255 e. The van der Waals surface area contributed by atoms with Gasteiger partial charge in [0.2, 0.25) is 0 Å². The van der Waals surface area contributed by atoms with Crippen LogP contribution < -0.4 is 10.6 Å². The van der Waals surface area contributed by atoms with Gasteiger partial charge in [0, 0.05) is 25.9 Å². The van der Waals surface area contributed by atoms with Crippen molar-refractivity contribution in [2.75, 3.05) is 31.6 Å². The summed E-state index contributed by atoms with van der Waals surface area (Å²) >= 11 is 0. The number of amides is 1. The first-order chi connectivity index (χ1) is 9.79. The number of rotatable bonds is 10. The molecule has 0 spiro atoms. The van der Waals surface area contributed by atoms with Crippen LogP contribution in [0.3, 0.4) is 0 Å². The fourth-order valence-electron chi connectivity index (χ4n) is 1.65. The van der Waals surface area contributed by atoms with E-state index in [2.05, 4.69) is 29.5 Å². The molecule has 0 fully saturated rings. The SMILES string of the molecule is CCCCOCCNC(=O)c1cccnc1NCCC. The molecule has 2 N–H and O–H groups in total. The van der Waals surface area contributed by atoms with Crippen LogP contribution in [0.15, 0.2) is 18.3 Å². The number of nitrogens with zero attached hydrogens (tertiary/aromatic N) is 1. The normalized spacial score (nSPS) is 10.3. The Morgan fingerprint density at radius 1 is 1.25 bits per heavy atom. The molecular weight excluding hydrogens is 254 g/mol. The van der Waals surface area contributed by atoms with Gasteiger partial charge in [0.05, 0.1) is 12.2 Å². The molecule has 0 bridgehead atoms. The van der Waals surface area contributed by atoms with Gasteiger partial charge in [-0.15, -0.1) is 0 Å². The van der Waals surface area contributed by atoms with Crippen molar-refractivity contribution in [3.8, 4) is 0 Å². The van der Waals surface area contributed by atoms with Crippen molar-refractivity contribution in [3.05, 3.63) is 23.9 Å². The van der Waals surface area contributed by atoms with E-state index in [9.17, 15) is 4.79 Å². The Bertz CT molecular complexity index is 396. The second-order valence-electron chi connectivity index (χ2n) is 4.55. The quantitative estimate of drug-likeness (QED) is 0.646. The monoisotopic (exact) mass is 279 g/mol. The Hall–Kier alpha value is -1.62. The predicted molar refractivity (Wildman–Crippen MR) is 81.1 cm³/mol. The van der Waals surface area contributed by atoms with Gasteiger partial charge in [-0.3, -0.25) is 4.79 Å². The first-order valence-corrected chi connectivity index (χ1v) is 7.34. The summed E-state index contributed by atoms with van der Waals surface area (Å²) in [4.78, 5) is 16.3. The fourth-order valence-corrected chi connectivity index (χ4v) is 1.65. The van der Waals surface area contributed by atoms with Crippen LogP contribution in [-0.2, 0) is 4.74 Å². The summed E-state index contributed by atoms with van der Waals surface area (Å²) in [6.45, 7) is 6.82. The molecule has 0 saturated carbocycles. The topological polar surface area (TPSA) is 63.2 Å². The predicted octanol–water partition coefficient (Wildman–Crippen LogP) is 2.45. The number of ether oxygens (including phenoxy) is 1. The molecule has 0 unspecified atom stereocenters. The van der Waals surface area contributed by atoms with Gasteiger partial charge in [0.15, 0.2) is 0 Å². The van der Waals surface area contributed by atoms with E-state index in [4.69, 9.17) is 4.74 Å². The Morgan fingerprint density at radius 3 is 2.85 bits per heavy atom. The van der Waals surface area contributed by atoms with E-state index in [0.29, 0.717) is 24.5 Å². The van der Waals surface area contributed by atoms with Gasteiger partial charge >= 0.3 is 0 Å². The van der Waals surface area contributed by atoms with Gasteiger partial charge in [-0.1, -0.05) is 20.3 Å². The lowest BCUT2D eigenvalue weighted by Gasteiger charge is -2.10. The standard InChI is InChI=1S/C15H25N3O2/c1-3-5-11-20-12-10-18-15(19)13-7-6-9-17-14(13)16-8-4-2/h6-7,9H,3-5,8,10-12H2,1-2H3,(H,16,17)(H,18,19). The van der Waals surface area contributed by atoms with Crippen molar-refractivity contribution >= 4 is 11.7 Å². The van der Waals surface area contributed by atoms with Crippen LogP contribution in [0.25, 0.3) is 0 Å². The average molecular weight is 279 g/mol. The molecular formula is C15H25N3O2. The lowest BCUT2D eigenvalue weighted by atomic mass is 10.2. The van der Waals surface area contributed by atoms with Crippen LogP contribution in [0.5, 0.6) is 0 Å². The minimum Gasteiger partial charge on any atom is -0.380 e. The summed E-state index contributed by atoms with van der Waals surface area (Å²) in [6, 6.07) is 3.54. The lowest BCUT2D eigenvalue weighted by molar-refractivity contribution is 0.0913. The number of hydrogen-bond acceptors (Lipinski definition) is 4. The molecule has 0 saturated heterocycles. The number of anilines is 1. The third-order valence-corrected chi connectivity index (χ3v) is 2.77. The average Bonchev–Trinajstić information content (AvgIpc) is 2.48. The zero-order chi connectivity index (χ0) is 14.6. The Morgan fingerprint density at radius 2 is 2.10 bits per heavy atom. The Labute approximate surface area is 121 Å². The summed E-state index contributed by atoms with van der Waals surface area (Å²) in [5.74, 6) is 0.523. The molecule has 5 nitrogen and oxygen atoms in total. The summed E-state index contributed by atoms with van der Waals surface area (Å²) in [6.07, 6.45) is 4.85. The maximum atomic E-state index is 12.1. The first kappa shape index (κ1) is 16.4. The van der Waals surface area contributed by atoms with E-state index in [0.717, 1.165) is 32.4 Å². The molecule has 112 valence electrons. The number of nitrogens with one attached hydrogen (secondary N) is 2. The number of unbranched alkanes of at least 4 members (excludes halogenated alkanes) is 1. The molecule has 0 aliphatic rings. The van der Waals surface area contributed by atoms with Crippen molar-refractivity contribution in [2.45, 2.75) is 33.1 Å². The highest BCUT2D eigenvalue weighted by molar-refractivity contribution is 5.98. The minimum absolute atomic E-state index is 0.115. The molecule has 5 heteroatoms. The van der Waals surface area contributed by atoms with Crippen molar-refractivity contribution in [3.63, 3.8) is 0 Å². The highest BCUT2D eigenvalue weighted by atomic mass is 16.5. The second-order valence-corrected chi connectivity index (χ2v) is 4.55. The zero-order valence-electron chi connectivity index (χ0n) is 12.4. The summed E-state index contributed by atoms with van der Waals surface area (Å²) in [5, 5.41) is 6.01. The van der Waals surface area contributed by atoms with Gasteiger partial charge in [-0.2, -0.15) is 0 Å². The molecule has 1 aromatic heterocycles. The van der Waals surface area contributed by atoms with E-state index < -0.39 is 0 Å². The van der Waals surface area contributed by atoms with Crippen molar-refractivity contribution in [1.82, 2.24) is 10.3 Å². The maximum absolute atomic E-state index is 12.1. The second kappa shape index (κ2) is 10.2. The van der Waals surface area contributed by atoms with E-state index in [1.165, 1.54) is 0 Å². The van der Waals surface area contributed by atoms with Crippen LogP contribution in [-0.4, -0.2) is 37.2 Å². The molecule has 1 amide bonds. The van der Waals surface area contributed by atoms with Crippen LogP contribution in [0.2, 0.25) is 0 Å². The molecule has 1 rings (SSSR count). The molecule has 1 aromatic rings. The lowest BCUT2D eigenvalue weighted by Crippen LogP contribution is -2.28. The van der Waals surface area contributed by atoms with Gasteiger partial charge in [0.1, 0.15) is 5.82 Å². The molecule has 20 heavy (non-hydrogen) atoms. The molecule has 0 aliphatic heterocycles. The summed E-state index contributed by atoms with van der Waals surface area (Å²) < 4.78 is 5.41. The van der Waals surface area contributed by atoms with Crippen LogP contribution in [0.4, 0.5) is 5.82 Å². The van der Waals surface area contributed by atoms with Crippen molar-refractivity contribution in [2.24, 2.45) is 0 Å². The van der Waals surface area contributed by atoms with E-state index in [1.54, 1.807) is 18.3 Å². The number of pyridine rings is 1. The molecule has 1 heterocycles. The smallest absolute Gasteiger partial charge is 0.255 e. The Kier molecular flexibility index (Phi) is 8.38. The fraction of sp³-hybridized carbons (Fsp3) is 0.600. The highest BCUT2D eigenvalue weighted by Gasteiger charge is 2.10. The van der Waals surface area contributed by atoms with Crippen LogP contribution >= 0.6 is 0 Å². The number of carbonyl (C=O) groups is 1.